The molecule has 0 aromatic heterocycles. The van der Waals surface area contributed by atoms with Crippen molar-refractivity contribution >= 4 is 6.29 Å². The van der Waals surface area contributed by atoms with Gasteiger partial charge in [0.2, 0.25) is 0 Å². The van der Waals surface area contributed by atoms with Crippen molar-refractivity contribution in [2.24, 2.45) is 5.92 Å². The molecular weight excluding hydrogens is 177 g/mol. The molecule has 0 heterocycles. The number of carbonyl (C=O) groups excluding carboxylic acids is 1. The smallest absolute Gasteiger partial charge is 0 e. The van der Waals surface area contributed by atoms with E-state index in [-0.39, 0.29) is 46.1 Å². The number of hydrogen-bond acceptors (Lipinski definition) is 1. The zero-order valence-electron chi connectivity index (χ0n) is 5.77. The van der Waals surface area contributed by atoms with E-state index in [2.05, 4.69) is 0 Å². The molecule has 1 atom stereocenters. The van der Waals surface area contributed by atoms with Crippen molar-refractivity contribution in [3.63, 3.8) is 0 Å². The predicted molar refractivity (Wildman–Crippen MR) is 31.6 cm³/mol. The van der Waals surface area contributed by atoms with Crippen LogP contribution in [-0.4, -0.2) is 6.29 Å². The minimum Gasteiger partial charge on any atom is -0.542 e. The van der Waals surface area contributed by atoms with Gasteiger partial charge in [-0.25, -0.2) is 0 Å². The Hall–Kier alpha value is 0.774. The molecule has 0 N–H and O–H groups in total. The first-order valence-corrected chi connectivity index (χ1v) is 2.19. The van der Waals surface area contributed by atoms with Gasteiger partial charge in [-0.3, -0.25) is 6.29 Å². The van der Waals surface area contributed by atoms with Crippen LogP contribution in [-0.2, 0) is 37.5 Å². The monoisotopic (exact) mass is 189 g/mol. The Labute approximate surface area is 77.1 Å². The third kappa shape index (κ3) is 9.91. The summed E-state index contributed by atoms with van der Waals surface area (Å²) in [5, 5.41) is 0. The zero-order valence-corrected chi connectivity index (χ0v) is 8.61. The van der Waals surface area contributed by atoms with Crippen LogP contribution in [0.2, 0.25) is 0 Å². The van der Waals surface area contributed by atoms with E-state index >= 15 is 0 Å². The first-order chi connectivity index (χ1) is 2.81. The molecular formula is C6H12OY-2. The van der Waals surface area contributed by atoms with Crippen LogP contribution in [0.15, 0.2) is 0 Å². The maximum absolute atomic E-state index is 9.61. The van der Waals surface area contributed by atoms with Crippen molar-refractivity contribution in [2.45, 2.75) is 20.3 Å². The normalized spacial score (nSPS) is 10.2. The average molecular weight is 189 g/mol. The summed E-state index contributed by atoms with van der Waals surface area (Å²) in [7, 11) is 0. The largest absolute Gasteiger partial charge is 0.542 e. The molecule has 0 aromatic rings. The average Bonchev–Trinajstić information content (AvgIpc) is 1.65. The van der Waals surface area contributed by atoms with Gasteiger partial charge in [0.25, 0.3) is 0 Å². The molecule has 0 bridgehead atoms. The summed E-state index contributed by atoms with van der Waals surface area (Å²) in [6.45, 7) is 3.82. The first-order valence-electron chi connectivity index (χ1n) is 2.19. The summed E-state index contributed by atoms with van der Waals surface area (Å²) in [4.78, 5) is 9.61. The molecule has 2 heteroatoms. The van der Waals surface area contributed by atoms with Gasteiger partial charge in [0.15, 0.2) is 0 Å². The molecule has 0 aliphatic carbocycles. The van der Waals surface area contributed by atoms with Gasteiger partial charge < -0.3 is 12.2 Å². The molecule has 0 spiro atoms. The summed E-state index contributed by atoms with van der Waals surface area (Å²) < 4.78 is 0. The van der Waals surface area contributed by atoms with Gasteiger partial charge in [-0.2, -0.15) is 0 Å². The molecule has 0 amide bonds. The van der Waals surface area contributed by atoms with E-state index in [0.717, 1.165) is 6.42 Å². The molecule has 0 aliphatic rings. The molecule has 1 nitrogen and oxygen atoms in total. The van der Waals surface area contributed by atoms with E-state index in [0.29, 0.717) is 0 Å². The predicted octanol–water partition coefficient (Wildman–Crippen LogP) is 1.59. The molecule has 0 rings (SSSR count). The fourth-order valence-electron chi connectivity index (χ4n) is 0.0833. The second-order valence-electron chi connectivity index (χ2n) is 1.43. The molecule has 0 aromatic carbocycles. The molecule has 47 valence electrons. The van der Waals surface area contributed by atoms with E-state index in [9.17, 15) is 4.79 Å². The number of rotatable bonds is 2. The summed E-state index contributed by atoms with van der Waals surface area (Å²) in [5.74, 6) is 0.130. The Kier molecular flexibility index (Phi) is 21.3. The second kappa shape index (κ2) is 10.7. The molecule has 8 heavy (non-hydrogen) atoms. The Bertz CT molecular complexity index is 45.8. The van der Waals surface area contributed by atoms with Crippen LogP contribution in [0.4, 0.5) is 0 Å². The first kappa shape index (κ1) is 15.9. The van der Waals surface area contributed by atoms with Crippen molar-refractivity contribution < 1.29 is 37.5 Å². The Morgan fingerprint density at radius 1 is 1.62 bits per heavy atom. The quantitative estimate of drug-likeness (QED) is 0.603. The van der Waals surface area contributed by atoms with Gasteiger partial charge in [0.1, 0.15) is 0 Å². The van der Waals surface area contributed by atoms with Gasteiger partial charge >= 0.3 is 0 Å². The van der Waals surface area contributed by atoms with Gasteiger partial charge in [0, 0.05) is 32.7 Å². The van der Waals surface area contributed by atoms with Crippen LogP contribution < -0.4 is 0 Å². The number of hydrogen-bond donors (Lipinski definition) is 0. The third-order valence-corrected chi connectivity index (χ3v) is 0.814. The van der Waals surface area contributed by atoms with Crippen LogP contribution in [0.25, 0.3) is 0 Å². The zero-order chi connectivity index (χ0) is 4.99. The fourth-order valence-corrected chi connectivity index (χ4v) is 0.0833. The second-order valence-corrected chi connectivity index (χ2v) is 1.43. The summed E-state index contributed by atoms with van der Waals surface area (Å²) in [6.07, 6.45) is 2.77. The van der Waals surface area contributed by atoms with E-state index < -0.39 is 0 Å². The van der Waals surface area contributed by atoms with Gasteiger partial charge in [-0.1, -0.05) is 20.3 Å². The minimum atomic E-state index is 0. The van der Waals surface area contributed by atoms with E-state index in [4.69, 9.17) is 0 Å². The molecule has 0 saturated carbocycles. The van der Waals surface area contributed by atoms with Crippen LogP contribution in [0.3, 0.4) is 0 Å². The van der Waals surface area contributed by atoms with Crippen LogP contribution in [0.1, 0.15) is 20.3 Å². The minimum absolute atomic E-state index is 0. The van der Waals surface area contributed by atoms with Crippen molar-refractivity contribution in [1.82, 2.24) is 0 Å². The summed E-state index contributed by atoms with van der Waals surface area (Å²) >= 11 is 0. The van der Waals surface area contributed by atoms with Gasteiger partial charge in [-0.15, -0.1) is 5.92 Å². The van der Waals surface area contributed by atoms with Crippen LogP contribution >= 0.6 is 0 Å². The van der Waals surface area contributed by atoms with Gasteiger partial charge in [-0.05, 0) is 0 Å². The maximum Gasteiger partial charge on any atom is 0 e. The fraction of sp³-hybridized carbons (Fsp3) is 0.667. The Balaban J connectivity index is -0.000000125. The van der Waals surface area contributed by atoms with Crippen LogP contribution in [0.5, 0.6) is 0 Å². The Morgan fingerprint density at radius 2 is 2.00 bits per heavy atom. The molecule has 1 radical (unpaired) electrons. The van der Waals surface area contributed by atoms with E-state index in [1.165, 1.54) is 0 Å². The molecule has 1 unspecified atom stereocenters. The summed E-state index contributed by atoms with van der Waals surface area (Å²) in [5.41, 5.74) is 0. The van der Waals surface area contributed by atoms with Crippen molar-refractivity contribution in [2.75, 3.05) is 0 Å². The standard InChI is InChI=1S/C5H9O.CH3.Y/c1-3-5(2)4-6;;/h5H,3H2,1-2H3;1H3;/q2*-1;. The molecule has 0 fully saturated rings. The topological polar surface area (TPSA) is 17.1 Å². The van der Waals surface area contributed by atoms with Crippen molar-refractivity contribution in [3.8, 4) is 0 Å². The van der Waals surface area contributed by atoms with Crippen molar-refractivity contribution in [1.29, 1.82) is 0 Å². The van der Waals surface area contributed by atoms with Crippen LogP contribution in [0, 0.1) is 13.3 Å². The van der Waals surface area contributed by atoms with Gasteiger partial charge in [0.05, 0.1) is 0 Å². The third-order valence-electron chi connectivity index (χ3n) is 0.814. The molecule has 0 aliphatic heterocycles. The van der Waals surface area contributed by atoms with E-state index in [1.807, 2.05) is 20.1 Å². The Morgan fingerprint density at radius 3 is 2.00 bits per heavy atom. The SMILES string of the molecule is CCC(C)[C-]=O.[CH3-].[Y]. The maximum atomic E-state index is 9.61. The van der Waals surface area contributed by atoms with E-state index in [1.54, 1.807) is 0 Å². The molecule has 0 saturated heterocycles. The summed E-state index contributed by atoms with van der Waals surface area (Å²) in [6, 6.07) is 0. The van der Waals surface area contributed by atoms with Crippen molar-refractivity contribution in [3.05, 3.63) is 7.43 Å².